The van der Waals surface area contributed by atoms with Crippen LogP contribution in [0, 0.1) is 14.8 Å². The van der Waals surface area contributed by atoms with Crippen molar-refractivity contribution in [3.05, 3.63) is 45.9 Å². The van der Waals surface area contributed by atoms with E-state index in [-0.39, 0.29) is 11.6 Å². The number of nitrogens with zero attached hydrogens (tertiary/aromatic N) is 1. The molecule has 1 N–H and O–H groups in total. The number of hydrogen-bond acceptors (Lipinski definition) is 2. The maximum absolute atomic E-state index is 14.1. The van der Waals surface area contributed by atoms with Crippen LogP contribution in [0.2, 0.25) is 0 Å². The lowest BCUT2D eigenvalue weighted by molar-refractivity contribution is -0.123. The van der Waals surface area contributed by atoms with Crippen molar-refractivity contribution in [3.63, 3.8) is 0 Å². The van der Waals surface area contributed by atoms with E-state index in [0.29, 0.717) is 11.3 Å². The van der Waals surface area contributed by atoms with Crippen LogP contribution in [0.15, 0.2) is 36.5 Å². The minimum Gasteiger partial charge on any atom is -0.325 e. The standard InChI is InChI=1S/C16H16FIN2O/c1-16(2,3)15(21)20-13-7-5-4-6-11(13)14-12(17)8-10(18)9-19-14/h4-9H,1-3H3,(H,20,21). The van der Waals surface area contributed by atoms with Gasteiger partial charge in [-0.25, -0.2) is 4.39 Å². The molecule has 5 heteroatoms. The van der Waals surface area contributed by atoms with E-state index in [1.54, 1.807) is 30.5 Å². The van der Waals surface area contributed by atoms with Gasteiger partial charge in [0.2, 0.25) is 5.91 Å². The first-order valence-corrected chi connectivity index (χ1v) is 7.59. The second kappa shape index (κ2) is 6.09. The van der Waals surface area contributed by atoms with E-state index in [1.807, 2.05) is 43.4 Å². The summed E-state index contributed by atoms with van der Waals surface area (Å²) in [6.07, 6.45) is 1.60. The van der Waals surface area contributed by atoms with Crippen LogP contribution in [-0.4, -0.2) is 10.9 Å². The number of hydrogen-bond donors (Lipinski definition) is 1. The first-order chi connectivity index (χ1) is 9.79. The molecule has 1 aromatic carbocycles. The monoisotopic (exact) mass is 398 g/mol. The largest absolute Gasteiger partial charge is 0.325 e. The zero-order valence-corrected chi connectivity index (χ0v) is 14.2. The Labute approximate surface area is 137 Å². The van der Waals surface area contributed by atoms with Crippen LogP contribution < -0.4 is 5.32 Å². The molecule has 0 atom stereocenters. The van der Waals surface area contributed by atoms with E-state index < -0.39 is 11.2 Å². The van der Waals surface area contributed by atoms with Gasteiger partial charge in [0.05, 0.1) is 5.69 Å². The Bertz CT molecular complexity index is 680. The quantitative estimate of drug-likeness (QED) is 0.759. The number of para-hydroxylation sites is 1. The number of carbonyl (C=O) groups excluding carboxylic acids is 1. The average molecular weight is 398 g/mol. The first kappa shape index (κ1) is 15.9. The van der Waals surface area contributed by atoms with E-state index in [1.165, 1.54) is 6.07 Å². The summed E-state index contributed by atoms with van der Waals surface area (Å²) in [6, 6.07) is 8.51. The third kappa shape index (κ3) is 3.78. The van der Waals surface area contributed by atoms with Crippen LogP contribution in [0.3, 0.4) is 0 Å². The highest BCUT2D eigenvalue weighted by Gasteiger charge is 2.22. The summed E-state index contributed by atoms with van der Waals surface area (Å²) in [7, 11) is 0. The highest BCUT2D eigenvalue weighted by Crippen LogP contribution is 2.30. The molecule has 0 aliphatic carbocycles. The second-order valence-electron chi connectivity index (χ2n) is 5.73. The van der Waals surface area contributed by atoms with Crippen molar-refractivity contribution < 1.29 is 9.18 Å². The van der Waals surface area contributed by atoms with Gasteiger partial charge in [0.25, 0.3) is 0 Å². The fraction of sp³-hybridized carbons (Fsp3) is 0.250. The molecule has 0 aliphatic rings. The highest BCUT2D eigenvalue weighted by atomic mass is 127. The van der Waals surface area contributed by atoms with Crippen LogP contribution in [-0.2, 0) is 4.79 Å². The minimum atomic E-state index is -0.523. The van der Waals surface area contributed by atoms with Gasteiger partial charge >= 0.3 is 0 Å². The fourth-order valence-electron chi connectivity index (χ4n) is 1.72. The predicted octanol–water partition coefficient (Wildman–Crippen LogP) is 4.48. The maximum atomic E-state index is 14.1. The summed E-state index contributed by atoms with van der Waals surface area (Å²) in [5.74, 6) is -0.528. The lowest BCUT2D eigenvalue weighted by atomic mass is 9.95. The Morgan fingerprint density at radius 2 is 1.95 bits per heavy atom. The Balaban J connectivity index is 2.44. The predicted molar refractivity (Wildman–Crippen MR) is 90.4 cm³/mol. The van der Waals surface area contributed by atoms with Crippen molar-refractivity contribution >= 4 is 34.2 Å². The summed E-state index contributed by atoms with van der Waals surface area (Å²) >= 11 is 2.01. The maximum Gasteiger partial charge on any atom is 0.229 e. The van der Waals surface area contributed by atoms with Gasteiger partial charge in [0, 0.05) is 20.7 Å². The molecule has 110 valence electrons. The second-order valence-corrected chi connectivity index (χ2v) is 6.98. The van der Waals surface area contributed by atoms with Crippen molar-refractivity contribution in [2.24, 2.45) is 5.41 Å². The van der Waals surface area contributed by atoms with Gasteiger partial charge in [-0.2, -0.15) is 0 Å². The lowest BCUT2D eigenvalue weighted by Gasteiger charge is -2.19. The van der Waals surface area contributed by atoms with Crippen molar-refractivity contribution in [2.75, 3.05) is 5.32 Å². The molecule has 0 aliphatic heterocycles. The van der Waals surface area contributed by atoms with Gasteiger partial charge in [-0.15, -0.1) is 0 Å². The van der Waals surface area contributed by atoms with E-state index >= 15 is 0 Å². The first-order valence-electron chi connectivity index (χ1n) is 6.51. The summed E-state index contributed by atoms with van der Waals surface area (Å²) in [5, 5.41) is 2.84. The van der Waals surface area contributed by atoms with Crippen molar-refractivity contribution in [2.45, 2.75) is 20.8 Å². The average Bonchev–Trinajstić information content (AvgIpc) is 2.39. The molecule has 1 heterocycles. The van der Waals surface area contributed by atoms with Crippen molar-refractivity contribution in [1.29, 1.82) is 0 Å². The number of aromatic nitrogens is 1. The zero-order chi connectivity index (χ0) is 15.6. The normalized spacial score (nSPS) is 11.3. The van der Waals surface area contributed by atoms with E-state index in [9.17, 15) is 9.18 Å². The van der Waals surface area contributed by atoms with E-state index in [4.69, 9.17) is 0 Å². The molecule has 2 aromatic rings. The number of nitrogens with one attached hydrogen (secondary N) is 1. The van der Waals surface area contributed by atoms with Crippen LogP contribution in [0.4, 0.5) is 10.1 Å². The Hall–Kier alpha value is -1.50. The molecule has 0 saturated carbocycles. The van der Waals surface area contributed by atoms with Crippen molar-refractivity contribution in [1.82, 2.24) is 4.98 Å². The third-order valence-electron chi connectivity index (χ3n) is 2.92. The minimum absolute atomic E-state index is 0.124. The molecule has 0 unspecified atom stereocenters. The van der Waals surface area contributed by atoms with Crippen molar-refractivity contribution in [3.8, 4) is 11.3 Å². The number of anilines is 1. The molecule has 1 amide bonds. The molecule has 0 bridgehead atoms. The SMILES string of the molecule is CC(C)(C)C(=O)Nc1ccccc1-c1ncc(I)cc1F. The number of pyridine rings is 1. The summed E-state index contributed by atoms with van der Waals surface area (Å²) in [6.45, 7) is 5.48. The lowest BCUT2D eigenvalue weighted by Crippen LogP contribution is -2.27. The third-order valence-corrected chi connectivity index (χ3v) is 3.51. The van der Waals surface area contributed by atoms with Crippen LogP contribution in [0.25, 0.3) is 11.3 Å². The van der Waals surface area contributed by atoms with Crippen LogP contribution >= 0.6 is 22.6 Å². The molecule has 21 heavy (non-hydrogen) atoms. The van der Waals surface area contributed by atoms with Gasteiger partial charge in [-0.3, -0.25) is 9.78 Å². The molecule has 1 aromatic heterocycles. The van der Waals surface area contributed by atoms with Gasteiger partial charge < -0.3 is 5.32 Å². The van der Waals surface area contributed by atoms with E-state index in [2.05, 4.69) is 10.3 Å². The molecule has 0 saturated heterocycles. The number of benzene rings is 1. The Morgan fingerprint density at radius 1 is 1.29 bits per heavy atom. The summed E-state index contributed by atoms with van der Waals surface area (Å²) in [5.41, 5.74) is 0.847. The number of amides is 1. The molecule has 2 rings (SSSR count). The van der Waals surface area contributed by atoms with Gasteiger partial charge in [-0.05, 0) is 34.7 Å². The Morgan fingerprint density at radius 3 is 2.57 bits per heavy atom. The molecule has 3 nitrogen and oxygen atoms in total. The van der Waals surface area contributed by atoms with Crippen LogP contribution in [0.1, 0.15) is 20.8 Å². The fourth-order valence-corrected chi connectivity index (χ4v) is 2.13. The molecule has 0 spiro atoms. The number of halogens is 2. The summed E-state index contributed by atoms with van der Waals surface area (Å²) in [4.78, 5) is 16.3. The van der Waals surface area contributed by atoms with Gasteiger partial charge in [-0.1, -0.05) is 39.0 Å². The molecular formula is C16H16FIN2O. The topological polar surface area (TPSA) is 42.0 Å². The Kier molecular flexibility index (Phi) is 4.61. The van der Waals surface area contributed by atoms with Gasteiger partial charge in [0.1, 0.15) is 5.69 Å². The summed E-state index contributed by atoms with van der Waals surface area (Å²) < 4.78 is 14.8. The highest BCUT2D eigenvalue weighted by molar-refractivity contribution is 14.1. The molecular weight excluding hydrogens is 382 g/mol. The van der Waals surface area contributed by atoms with Crippen LogP contribution in [0.5, 0.6) is 0 Å². The molecule has 0 fully saturated rings. The smallest absolute Gasteiger partial charge is 0.229 e. The number of rotatable bonds is 2. The zero-order valence-electron chi connectivity index (χ0n) is 12.1. The number of carbonyl (C=O) groups is 1. The van der Waals surface area contributed by atoms with E-state index in [0.717, 1.165) is 3.57 Å². The molecule has 0 radical (unpaired) electrons. The van der Waals surface area contributed by atoms with Gasteiger partial charge in [0.15, 0.2) is 5.82 Å².